The summed E-state index contributed by atoms with van der Waals surface area (Å²) >= 11 is 5.76. The van der Waals surface area contributed by atoms with Crippen molar-refractivity contribution >= 4 is 35.2 Å². The van der Waals surface area contributed by atoms with Crippen LogP contribution in [0.3, 0.4) is 0 Å². The van der Waals surface area contributed by atoms with E-state index in [1.807, 2.05) is 22.6 Å². The van der Waals surface area contributed by atoms with Crippen molar-refractivity contribution in [3.8, 4) is 6.07 Å². The molecule has 1 aromatic carbocycles. The van der Waals surface area contributed by atoms with Gasteiger partial charge in [-0.3, -0.25) is 0 Å². The van der Waals surface area contributed by atoms with Gasteiger partial charge in [0.15, 0.2) is 5.82 Å². The molecule has 0 aromatic heterocycles. The zero-order valence-electron chi connectivity index (χ0n) is 5.31. The quantitative estimate of drug-likeness (QED) is 0.572. The fourth-order valence-corrected chi connectivity index (χ4v) is 1.32. The van der Waals surface area contributed by atoms with Crippen molar-refractivity contribution in [2.45, 2.75) is 4.90 Å². The minimum absolute atomic E-state index is 0.0141. The highest BCUT2D eigenvalue weighted by molar-refractivity contribution is 14.1. The summed E-state index contributed by atoms with van der Waals surface area (Å²) in [7, 11) is 0. The molecule has 0 N–H and O–H groups in total. The molecule has 1 aromatic rings. The van der Waals surface area contributed by atoms with E-state index < -0.39 is 5.82 Å². The third-order valence-corrected chi connectivity index (χ3v) is 2.39. The molecule has 0 radical (unpaired) electrons. The van der Waals surface area contributed by atoms with E-state index >= 15 is 0 Å². The number of nitriles is 1. The average Bonchev–Trinajstić information content (AvgIpc) is 1.99. The molecular formula is C7H3FINS. The number of benzene rings is 1. The van der Waals surface area contributed by atoms with E-state index in [2.05, 4.69) is 12.6 Å². The summed E-state index contributed by atoms with van der Waals surface area (Å²) in [6.07, 6.45) is 0. The Labute approximate surface area is 82.8 Å². The van der Waals surface area contributed by atoms with Crippen LogP contribution >= 0.6 is 35.2 Å². The Hall–Kier alpha value is -0.280. The van der Waals surface area contributed by atoms with Crippen molar-refractivity contribution in [3.05, 3.63) is 27.1 Å². The third kappa shape index (κ3) is 1.65. The van der Waals surface area contributed by atoms with Crippen molar-refractivity contribution in [1.29, 1.82) is 5.26 Å². The van der Waals surface area contributed by atoms with Crippen LogP contribution in [-0.4, -0.2) is 0 Å². The van der Waals surface area contributed by atoms with Crippen molar-refractivity contribution in [2.24, 2.45) is 0 Å². The number of hydrogen-bond acceptors (Lipinski definition) is 2. The van der Waals surface area contributed by atoms with Crippen LogP contribution < -0.4 is 0 Å². The third-order valence-electron chi connectivity index (χ3n) is 1.18. The van der Waals surface area contributed by atoms with E-state index in [0.29, 0.717) is 8.47 Å². The summed E-state index contributed by atoms with van der Waals surface area (Å²) in [4.78, 5) is 0.380. The molecule has 1 nitrogen and oxygen atoms in total. The predicted molar refractivity (Wildman–Crippen MR) is 51.1 cm³/mol. The van der Waals surface area contributed by atoms with Gasteiger partial charge in [-0.15, -0.1) is 12.6 Å². The second-order valence-corrected chi connectivity index (χ2v) is 3.51. The second kappa shape index (κ2) is 3.41. The molecule has 0 aliphatic carbocycles. The van der Waals surface area contributed by atoms with Gasteiger partial charge >= 0.3 is 0 Å². The van der Waals surface area contributed by atoms with Crippen LogP contribution in [0.5, 0.6) is 0 Å². The largest absolute Gasteiger partial charge is 0.204 e. The van der Waals surface area contributed by atoms with E-state index in [1.165, 1.54) is 0 Å². The maximum atomic E-state index is 13.0. The Kier molecular flexibility index (Phi) is 2.73. The fourth-order valence-electron chi connectivity index (χ4n) is 0.647. The van der Waals surface area contributed by atoms with E-state index in [0.717, 1.165) is 0 Å². The molecule has 0 spiro atoms. The lowest BCUT2D eigenvalue weighted by atomic mass is 10.2. The highest BCUT2D eigenvalue weighted by Gasteiger charge is 2.08. The van der Waals surface area contributed by atoms with Gasteiger partial charge in [-0.2, -0.15) is 5.26 Å². The van der Waals surface area contributed by atoms with Crippen LogP contribution in [0, 0.1) is 20.7 Å². The molecule has 0 fully saturated rings. The number of halogens is 2. The average molecular weight is 279 g/mol. The summed E-state index contributed by atoms with van der Waals surface area (Å²) in [5.74, 6) is -0.486. The normalized spacial score (nSPS) is 9.27. The summed E-state index contributed by atoms with van der Waals surface area (Å²) in [5.41, 5.74) is 0.0141. The molecule has 0 aliphatic rings. The molecule has 1 rings (SSSR count). The number of hydrogen-bond donors (Lipinski definition) is 1. The summed E-state index contributed by atoms with van der Waals surface area (Å²) < 4.78 is 13.4. The lowest BCUT2D eigenvalue weighted by Crippen LogP contribution is -1.89. The summed E-state index contributed by atoms with van der Waals surface area (Å²) in [6.45, 7) is 0. The molecule has 0 aliphatic heterocycles. The monoisotopic (exact) mass is 279 g/mol. The Balaban J connectivity index is 3.44. The molecule has 0 bridgehead atoms. The van der Waals surface area contributed by atoms with Crippen LogP contribution in [0.4, 0.5) is 4.39 Å². The first kappa shape index (κ1) is 8.81. The van der Waals surface area contributed by atoms with Gasteiger partial charge in [0.25, 0.3) is 0 Å². The van der Waals surface area contributed by atoms with Crippen molar-refractivity contribution in [3.63, 3.8) is 0 Å². The van der Waals surface area contributed by atoms with Gasteiger partial charge in [0.05, 0.1) is 3.57 Å². The lowest BCUT2D eigenvalue weighted by Gasteiger charge is -1.98. The van der Waals surface area contributed by atoms with E-state index in [1.54, 1.807) is 18.2 Å². The van der Waals surface area contributed by atoms with Gasteiger partial charge < -0.3 is 0 Å². The zero-order chi connectivity index (χ0) is 8.43. The number of thiol groups is 1. The Bertz CT molecular complexity index is 332. The second-order valence-electron chi connectivity index (χ2n) is 1.87. The fraction of sp³-hybridized carbons (Fsp3) is 0. The van der Waals surface area contributed by atoms with E-state index in [-0.39, 0.29) is 5.56 Å². The van der Waals surface area contributed by atoms with Crippen LogP contribution in [-0.2, 0) is 0 Å². The predicted octanol–water partition coefficient (Wildman–Crippen LogP) is 2.59. The van der Waals surface area contributed by atoms with Crippen molar-refractivity contribution < 1.29 is 4.39 Å². The van der Waals surface area contributed by atoms with Gasteiger partial charge in [-0.05, 0) is 34.7 Å². The Morgan fingerprint density at radius 1 is 1.55 bits per heavy atom. The molecule has 0 unspecified atom stereocenters. The molecule has 0 saturated carbocycles. The van der Waals surface area contributed by atoms with Crippen LogP contribution in [0.15, 0.2) is 17.0 Å². The molecule has 56 valence electrons. The van der Waals surface area contributed by atoms with Gasteiger partial charge in [0.1, 0.15) is 11.6 Å². The van der Waals surface area contributed by atoms with Gasteiger partial charge in [0, 0.05) is 4.90 Å². The standard InChI is InChI=1S/C7H3FINS/c8-7-4(3-10)6(11)2-1-5(7)9/h1-2,11H. The lowest BCUT2D eigenvalue weighted by molar-refractivity contribution is 0.612. The van der Waals surface area contributed by atoms with Crippen molar-refractivity contribution in [1.82, 2.24) is 0 Å². The first-order chi connectivity index (χ1) is 5.16. The topological polar surface area (TPSA) is 23.8 Å². The molecule has 11 heavy (non-hydrogen) atoms. The molecule has 0 saturated heterocycles. The maximum Gasteiger partial charge on any atom is 0.155 e. The van der Waals surface area contributed by atoms with Gasteiger partial charge in [-0.25, -0.2) is 4.39 Å². The molecule has 0 heterocycles. The number of rotatable bonds is 0. The van der Waals surface area contributed by atoms with Crippen LogP contribution in [0.1, 0.15) is 5.56 Å². The van der Waals surface area contributed by atoms with E-state index in [9.17, 15) is 4.39 Å². The zero-order valence-corrected chi connectivity index (χ0v) is 8.36. The molecule has 4 heteroatoms. The highest BCUT2D eigenvalue weighted by Crippen LogP contribution is 2.20. The Morgan fingerprint density at radius 2 is 2.18 bits per heavy atom. The summed E-state index contributed by atoms with van der Waals surface area (Å²) in [5, 5.41) is 8.48. The van der Waals surface area contributed by atoms with Crippen molar-refractivity contribution in [2.75, 3.05) is 0 Å². The first-order valence-electron chi connectivity index (χ1n) is 2.74. The Morgan fingerprint density at radius 3 is 2.64 bits per heavy atom. The number of nitrogens with zero attached hydrogens (tertiary/aromatic N) is 1. The van der Waals surface area contributed by atoms with Crippen LogP contribution in [0.25, 0.3) is 0 Å². The minimum Gasteiger partial charge on any atom is -0.204 e. The SMILES string of the molecule is N#Cc1c(S)ccc(I)c1F. The summed E-state index contributed by atoms with van der Waals surface area (Å²) in [6, 6.07) is 4.93. The van der Waals surface area contributed by atoms with Gasteiger partial charge in [0.2, 0.25) is 0 Å². The van der Waals surface area contributed by atoms with E-state index in [4.69, 9.17) is 5.26 Å². The minimum atomic E-state index is -0.486. The van der Waals surface area contributed by atoms with Crippen LogP contribution in [0.2, 0.25) is 0 Å². The first-order valence-corrected chi connectivity index (χ1v) is 4.26. The molecule has 0 amide bonds. The molecular weight excluding hydrogens is 276 g/mol. The highest BCUT2D eigenvalue weighted by atomic mass is 127. The smallest absolute Gasteiger partial charge is 0.155 e. The van der Waals surface area contributed by atoms with Gasteiger partial charge in [-0.1, -0.05) is 0 Å². The molecule has 0 atom stereocenters. The maximum absolute atomic E-state index is 13.0.